The van der Waals surface area contributed by atoms with Gasteiger partial charge in [-0.1, -0.05) is 6.92 Å². The molecule has 0 N–H and O–H groups in total. The van der Waals surface area contributed by atoms with Crippen LogP contribution < -0.4 is 0 Å². The zero-order valence-electron chi connectivity index (χ0n) is 58.2. The van der Waals surface area contributed by atoms with Crippen LogP contribution in [0.25, 0.3) is 0 Å². The molecule has 11 aliphatic rings. The van der Waals surface area contributed by atoms with Gasteiger partial charge in [0.25, 0.3) is 0 Å². The number of piperazine rings is 5. The van der Waals surface area contributed by atoms with Gasteiger partial charge in [0.05, 0.1) is 16.6 Å². The summed E-state index contributed by atoms with van der Waals surface area (Å²) in [5.74, 6) is 0. The second kappa shape index (κ2) is 27.2. The minimum atomic E-state index is -0.232. The second-order valence-electron chi connectivity index (χ2n) is 32.9. The lowest BCUT2D eigenvalue weighted by molar-refractivity contribution is -0.234. The third kappa shape index (κ3) is 13.2. The Morgan fingerprint density at radius 2 is 0.541 bits per heavy atom. The number of piperidine rings is 5. The Bertz CT molecular complexity index is 2040. The van der Waals surface area contributed by atoms with Crippen LogP contribution >= 0.6 is 0 Å². The van der Waals surface area contributed by atoms with E-state index >= 15 is 0 Å². The van der Waals surface area contributed by atoms with Crippen LogP contribution in [0, 0.1) is 0 Å². The first-order valence-electron chi connectivity index (χ1n) is 36.7. The molecule has 0 aromatic rings. The van der Waals surface area contributed by atoms with E-state index in [9.17, 15) is 0 Å². The highest BCUT2D eigenvalue weighted by Crippen LogP contribution is 2.58. The molecule has 10 heterocycles. The van der Waals surface area contributed by atoms with E-state index in [1.165, 1.54) is 280 Å². The molecule has 15 nitrogen and oxygen atoms in total. The maximum Gasteiger partial charge on any atom is 0.0579 e. The molecule has 0 radical (unpaired) electrons. The minimum absolute atomic E-state index is 0.114. The highest BCUT2D eigenvalue weighted by Gasteiger charge is 2.73. The molecular formula is C70H135N15. The Balaban J connectivity index is 0.966. The van der Waals surface area contributed by atoms with Crippen molar-refractivity contribution in [1.29, 1.82) is 0 Å². The molecule has 11 fully saturated rings. The van der Waals surface area contributed by atoms with Gasteiger partial charge in [-0.05, 0) is 174 Å². The number of hydrogen-bond donors (Lipinski definition) is 0. The number of likely N-dealkylation sites (N-methyl/N-ethyl adjacent to an activating group) is 2. The fourth-order valence-electron chi connectivity index (χ4n) is 20.8. The summed E-state index contributed by atoms with van der Waals surface area (Å²) >= 11 is 0. The van der Waals surface area contributed by atoms with Crippen molar-refractivity contribution in [2.75, 3.05) is 210 Å². The predicted octanol–water partition coefficient (Wildman–Crippen LogP) is 6.25. The standard InChI is InChI=1S/C70H135N15/c1-15-72-40-44-75(45-41-72)60-18-28-81(29-19-60)66(7,8)69(12,84-34-24-64(25-35-84)79-54-56-80(57-55-79)65(4,5)6)70(13,85-36-26-62(27-37-85)74-42-38-71(14)39-43-74)68(11,83-32-22-63(23-33-83)77-48-46-73(47-49-77)58(2)3)67(9,10)82-30-20-61(21-31-82)78-52-50-76(51-53-78)59-16-17-59/h58-64H,15-57H2,1-14H3. The van der Waals surface area contributed by atoms with Gasteiger partial charge in [-0.25, -0.2) is 0 Å². The van der Waals surface area contributed by atoms with E-state index in [0.717, 1.165) is 6.04 Å². The quantitative estimate of drug-likeness (QED) is 0.165. The van der Waals surface area contributed by atoms with Crippen LogP contribution in [-0.4, -0.2) is 359 Å². The summed E-state index contributed by atoms with van der Waals surface area (Å²) in [6, 6.07) is 4.98. The van der Waals surface area contributed by atoms with Crippen molar-refractivity contribution in [2.45, 2.75) is 243 Å². The van der Waals surface area contributed by atoms with Crippen molar-refractivity contribution >= 4 is 0 Å². The molecule has 3 unspecified atom stereocenters. The predicted molar refractivity (Wildman–Crippen MR) is 356 cm³/mol. The average Bonchev–Trinajstić information content (AvgIpc) is 1.74. The van der Waals surface area contributed by atoms with Crippen molar-refractivity contribution < 1.29 is 0 Å². The van der Waals surface area contributed by atoms with Gasteiger partial charge in [0, 0.05) is 255 Å². The Morgan fingerprint density at radius 1 is 0.282 bits per heavy atom. The van der Waals surface area contributed by atoms with Crippen LogP contribution in [0.2, 0.25) is 0 Å². The van der Waals surface area contributed by atoms with Crippen molar-refractivity contribution in [3.63, 3.8) is 0 Å². The van der Waals surface area contributed by atoms with Crippen LogP contribution in [0.15, 0.2) is 0 Å². The molecule has 1 saturated carbocycles. The topological polar surface area (TPSA) is 48.6 Å². The van der Waals surface area contributed by atoms with E-state index in [2.05, 4.69) is 171 Å². The molecular weight excluding hydrogens is 1050 g/mol. The van der Waals surface area contributed by atoms with Crippen LogP contribution in [0.4, 0.5) is 0 Å². The van der Waals surface area contributed by atoms with Crippen molar-refractivity contribution in [2.24, 2.45) is 0 Å². The first kappa shape index (κ1) is 65.9. The van der Waals surface area contributed by atoms with Gasteiger partial charge >= 0.3 is 0 Å². The number of nitrogens with zero attached hydrogens (tertiary/aromatic N) is 15. The third-order valence-corrected chi connectivity index (χ3v) is 27.8. The molecule has 10 aliphatic heterocycles. The Kier molecular flexibility index (Phi) is 21.0. The van der Waals surface area contributed by atoms with Crippen LogP contribution in [0.3, 0.4) is 0 Å². The molecule has 0 bridgehead atoms. The van der Waals surface area contributed by atoms with E-state index in [1.807, 2.05) is 0 Å². The molecule has 10 saturated heterocycles. The van der Waals surface area contributed by atoms with E-state index in [1.54, 1.807) is 0 Å². The zero-order chi connectivity index (χ0) is 60.1. The maximum atomic E-state index is 3.28. The fraction of sp³-hybridized carbons (Fsp3) is 1.00. The Hall–Kier alpha value is -0.600. The molecule has 3 atom stereocenters. The summed E-state index contributed by atoms with van der Waals surface area (Å²) in [6.07, 6.45) is 15.8. The number of hydrogen-bond acceptors (Lipinski definition) is 15. The Morgan fingerprint density at radius 3 is 0.835 bits per heavy atom. The summed E-state index contributed by atoms with van der Waals surface area (Å²) in [7, 11) is 2.34. The molecule has 1 aliphatic carbocycles. The van der Waals surface area contributed by atoms with E-state index in [0.29, 0.717) is 36.3 Å². The van der Waals surface area contributed by atoms with Gasteiger partial charge < -0.3 is 9.80 Å². The summed E-state index contributed by atoms with van der Waals surface area (Å²) in [4.78, 5) is 44.3. The van der Waals surface area contributed by atoms with Gasteiger partial charge in [0.2, 0.25) is 0 Å². The lowest BCUT2D eigenvalue weighted by Crippen LogP contribution is -2.91. The first-order valence-corrected chi connectivity index (χ1v) is 36.7. The monoisotopic (exact) mass is 1190 g/mol. The van der Waals surface area contributed by atoms with E-state index < -0.39 is 0 Å². The van der Waals surface area contributed by atoms with Crippen LogP contribution in [0.1, 0.15) is 167 Å². The first-order chi connectivity index (χ1) is 40.6. The molecule has 0 amide bonds. The molecule has 0 spiro atoms. The van der Waals surface area contributed by atoms with Crippen molar-refractivity contribution in [3.05, 3.63) is 0 Å². The lowest BCUT2D eigenvalue weighted by Gasteiger charge is -2.76. The van der Waals surface area contributed by atoms with Gasteiger partial charge in [-0.2, -0.15) is 0 Å². The molecule has 0 aromatic carbocycles. The lowest BCUT2D eigenvalue weighted by atomic mass is 9.51. The van der Waals surface area contributed by atoms with Gasteiger partial charge in [-0.15, -0.1) is 0 Å². The highest BCUT2D eigenvalue weighted by molar-refractivity contribution is 5.32. The molecule has 85 heavy (non-hydrogen) atoms. The second-order valence-corrected chi connectivity index (χ2v) is 32.9. The van der Waals surface area contributed by atoms with E-state index in [4.69, 9.17) is 0 Å². The fourth-order valence-corrected chi connectivity index (χ4v) is 20.8. The van der Waals surface area contributed by atoms with Gasteiger partial charge in [0.1, 0.15) is 0 Å². The van der Waals surface area contributed by atoms with Crippen LogP contribution in [-0.2, 0) is 0 Å². The summed E-state index contributed by atoms with van der Waals surface area (Å²) < 4.78 is 0. The largest absolute Gasteiger partial charge is 0.304 e. The SMILES string of the molecule is CCN1CCN(C2CCN(C(C)(C)C(C)(N3CCC(N4CCN(C(C)(C)C)CC4)CC3)C(C)(N3CCC(N4CCN(C)CC4)CC3)C(C)(N3CCC(N4CCN(C(C)C)CC4)CC3)C(C)(C)N3CCC(N4CCN(C5CC5)CC4)CC3)CC2)CC1. The molecule has 15 heteroatoms. The molecule has 11 rings (SSSR count). The maximum absolute atomic E-state index is 3.28. The molecule has 0 aromatic heterocycles. The van der Waals surface area contributed by atoms with Crippen molar-refractivity contribution in [3.8, 4) is 0 Å². The zero-order valence-corrected chi connectivity index (χ0v) is 58.2. The highest BCUT2D eigenvalue weighted by atomic mass is 15.5. The van der Waals surface area contributed by atoms with Gasteiger partial charge in [0.15, 0.2) is 0 Å². The summed E-state index contributed by atoms with van der Waals surface area (Å²) in [6.45, 7) is 72.5. The minimum Gasteiger partial charge on any atom is -0.304 e. The smallest absolute Gasteiger partial charge is 0.0579 e. The third-order valence-electron chi connectivity index (χ3n) is 27.8. The number of likely N-dealkylation sites (tertiary alicyclic amines) is 5. The Labute approximate surface area is 523 Å². The van der Waals surface area contributed by atoms with Crippen molar-refractivity contribution in [1.82, 2.24) is 73.5 Å². The van der Waals surface area contributed by atoms with Gasteiger partial charge in [-0.3, -0.25) is 63.7 Å². The summed E-state index contributed by atoms with van der Waals surface area (Å²) in [5, 5.41) is 0. The summed E-state index contributed by atoms with van der Waals surface area (Å²) in [5.41, 5.74) is -0.625. The number of rotatable bonds is 17. The van der Waals surface area contributed by atoms with E-state index in [-0.39, 0.29) is 33.2 Å². The molecule has 490 valence electrons. The normalized spacial score (nSPS) is 31.2. The van der Waals surface area contributed by atoms with Crippen LogP contribution in [0.5, 0.6) is 0 Å². The average molecular weight is 1190 g/mol.